The van der Waals surface area contributed by atoms with Crippen molar-refractivity contribution in [3.63, 3.8) is 0 Å². The number of nitrogens with one attached hydrogen (secondary N) is 2. The van der Waals surface area contributed by atoms with Crippen LogP contribution in [0.3, 0.4) is 0 Å². The van der Waals surface area contributed by atoms with Gasteiger partial charge in [-0.25, -0.2) is 9.97 Å². The van der Waals surface area contributed by atoms with Gasteiger partial charge in [0.25, 0.3) is 0 Å². The summed E-state index contributed by atoms with van der Waals surface area (Å²) in [5, 5.41) is 0. The Hall–Kier alpha value is -5.40. The zero-order valence-electron chi connectivity index (χ0n) is 26.1. The molecule has 0 spiro atoms. The molecule has 216 valence electrons. The molecule has 2 N–H and O–H groups in total. The molecule has 2 aliphatic heterocycles. The van der Waals surface area contributed by atoms with E-state index in [1.807, 2.05) is 20.8 Å². The Morgan fingerprint density at radius 3 is 1.59 bits per heavy atom. The Morgan fingerprint density at radius 2 is 1.09 bits per heavy atom. The Labute approximate surface area is 259 Å². The second-order valence-electron chi connectivity index (χ2n) is 10.9. The van der Waals surface area contributed by atoms with Crippen molar-refractivity contribution in [3.8, 4) is 34.1 Å². The molecule has 0 radical (unpaired) electrons. The van der Waals surface area contributed by atoms with E-state index in [9.17, 15) is 0 Å². The van der Waals surface area contributed by atoms with E-state index in [2.05, 4.69) is 140 Å². The van der Waals surface area contributed by atoms with Gasteiger partial charge in [-0.05, 0) is 123 Å². The van der Waals surface area contributed by atoms with E-state index in [1.54, 1.807) is 0 Å². The van der Waals surface area contributed by atoms with E-state index in [0.717, 1.165) is 67.1 Å². The molecule has 0 atom stereocenters. The molecule has 8 bridgehead atoms. The third kappa shape index (κ3) is 5.53. The summed E-state index contributed by atoms with van der Waals surface area (Å²) in [5.74, 6) is 6.12. The molecule has 4 nitrogen and oxygen atoms in total. The number of hydrogen-bond acceptors (Lipinski definition) is 2. The van der Waals surface area contributed by atoms with Crippen molar-refractivity contribution in [3.05, 3.63) is 118 Å². The highest BCUT2D eigenvalue weighted by Crippen LogP contribution is 2.36. The molecular formula is C40H36N4. The maximum absolute atomic E-state index is 5.10. The van der Waals surface area contributed by atoms with Crippen molar-refractivity contribution < 1.29 is 0 Å². The molecule has 0 aliphatic carbocycles. The smallest absolute Gasteiger partial charge is 0.0738 e. The summed E-state index contributed by atoms with van der Waals surface area (Å²) >= 11 is 0. The Bertz CT molecular complexity index is 2060. The minimum absolute atomic E-state index is 0.898. The molecular weight excluding hydrogens is 536 g/mol. The number of rotatable bonds is 2. The van der Waals surface area contributed by atoms with E-state index in [-0.39, 0.29) is 0 Å². The van der Waals surface area contributed by atoms with Crippen LogP contribution in [0.25, 0.3) is 68.6 Å². The Balaban J connectivity index is 0.00000168. The fourth-order valence-corrected chi connectivity index (χ4v) is 6.08. The summed E-state index contributed by atoms with van der Waals surface area (Å²) in [5.41, 5.74) is 16.8. The van der Waals surface area contributed by atoms with Crippen LogP contribution < -0.4 is 0 Å². The number of H-pyrrole nitrogens is 2. The molecule has 3 aromatic heterocycles. The molecule has 0 saturated heterocycles. The zero-order valence-corrected chi connectivity index (χ0v) is 26.1. The first-order valence-electron chi connectivity index (χ1n) is 15.2. The molecule has 5 aromatic rings. The second kappa shape index (κ2) is 12.1. The van der Waals surface area contributed by atoms with Gasteiger partial charge in [0, 0.05) is 38.8 Å². The fraction of sp³-hybridized carbons (Fsp3) is 0.150. The van der Waals surface area contributed by atoms with Crippen molar-refractivity contribution >= 4 is 46.4 Å². The molecule has 2 aliphatic rings. The average molecular weight is 573 g/mol. The van der Waals surface area contributed by atoms with E-state index in [1.165, 1.54) is 22.3 Å². The van der Waals surface area contributed by atoms with E-state index in [0.29, 0.717) is 0 Å². The quantitative estimate of drug-likeness (QED) is 0.203. The van der Waals surface area contributed by atoms with Crippen LogP contribution in [0.15, 0.2) is 72.8 Å². The molecule has 0 amide bonds. The van der Waals surface area contributed by atoms with Crippen LogP contribution in [0.2, 0.25) is 0 Å². The van der Waals surface area contributed by atoms with Crippen LogP contribution in [0.4, 0.5) is 0 Å². The lowest BCUT2D eigenvalue weighted by molar-refractivity contribution is 1.25. The predicted molar refractivity (Wildman–Crippen MR) is 188 cm³/mol. The highest BCUT2D eigenvalue weighted by molar-refractivity contribution is 5.94. The van der Waals surface area contributed by atoms with Gasteiger partial charge in [0.1, 0.15) is 0 Å². The van der Waals surface area contributed by atoms with Crippen molar-refractivity contribution in [1.82, 2.24) is 19.9 Å². The van der Waals surface area contributed by atoms with Crippen LogP contribution in [-0.2, 0) is 0 Å². The van der Waals surface area contributed by atoms with Gasteiger partial charge in [-0.1, -0.05) is 49.6 Å². The molecule has 44 heavy (non-hydrogen) atoms. The lowest BCUT2D eigenvalue weighted by Gasteiger charge is -2.13. The summed E-state index contributed by atoms with van der Waals surface area (Å²) in [6.45, 7) is 12.3. The number of aryl methyl sites for hydroxylation is 3. The van der Waals surface area contributed by atoms with Crippen molar-refractivity contribution in [2.45, 2.75) is 41.5 Å². The zero-order chi connectivity index (χ0) is 30.8. The number of nitrogens with zero attached hydrogens (tertiary/aromatic N) is 2. The standard InChI is InChI=1S/C38H30N4.C2H6/c1-5-6-26-7-9-27(10-8-26)37-32-15-11-28(39-32)21-30-13-17-34(41-30)38(36-24(3)19-23(2)20-25(36)4)35-18-14-31(42-35)22-29-12-16-33(37)40-29;1-2/h7-22,39-40H,1-4H3;1-2H3. The molecule has 7 rings (SSSR count). The summed E-state index contributed by atoms with van der Waals surface area (Å²) in [6, 6.07) is 25.6. The lowest BCUT2D eigenvalue weighted by Crippen LogP contribution is -1.95. The van der Waals surface area contributed by atoms with E-state index >= 15 is 0 Å². The third-order valence-corrected chi connectivity index (χ3v) is 7.77. The maximum Gasteiger partial charge on any atom is 0.0738 e. The molecule has 5 heterocycles. The molecule has 4 heteroatoms. The molecule has 0 saturated carbocycles. The van der Waals surface area contributed by atoms with Gasteiger partial charge < -0.3 is 9.97 Å². The summed E-state index contributed by atoms with van der Waals surface area (Å²) in [7, 11) is 0. The monoisotopic (exact) mass is 572 g/mol. The fourth-order valence-electron chi connectivity index (χ4n) is 6.08. The van der Waals surface area contributed by atoms with Gasteiger partial charge in [0.05, 0.1) is 22.8 Å². The van der Waals surface area contributed by atoms with Crippen molar-refractivity contribution in [2.75, 3.05) is 0 Å². The van der Waals surface area contributed by atoms with E-state index in [4.69, 9.17) is 9.97 Å². The highest BCUT2D eigenvalue weighted by atomic mass is 14.8. The number of benzene rings is 2. The SMILES string of the molecule is CC.CC#Cc1ccc(-c2c3ccc(cc4nc(c(-c5c(C)cc(C)cc5C)c5nc(cc6ccc2[nH]6)C=C5)C=C4)[nH]3)cc1. The minimum atomic E-state index is 0.898. The third-order valence-electron chi connectivity index (χ3n) is 7.77. The number of aromatic amines is 2. The number of hydrogen-bond donors (Lipinski definition) is 2. The largest absolute Gasteiger partial charge is 0.355 e. The van der Waals surface area contributed by atoms with E-state index < -0.39 is 0 Å². The predicted octanol–water partition coefficient (Wildman–Crippen LogP) is 10.3. The summed E-state index contributed by atoms with van der Waals surface area (Å²) < 4.78 is 0. The van der Waals surface area contributed by atoms with Crippen LogP contribution in [0, 0.1) is 32.6 Å². The van der Waals surface area contributed by atoms with Gasteiger partial charge in [-0.3, -0.25) is 0 Å². The first kappa shape index (κ1) is 28.7. The first-order chi connectivity index (χ1) is 21.4. The van der Waals surface area contributed by atoms with Gasteiger partial charge in [-0.15, -0.1) is 5.92 Å². The van der Waals surface area contributed by atoms with Crippen molar-refractivity contribution in [2.24, 2.45) is 0 Å². The first-order valence-corrected chi connectivity index (χ1v) is 15.2. The van der Waals surface area contributed by atoms with Crippen LogP contribution in [0.5, 0.6) is 0 Å². The normalized spacial score (nSPS) is 11.5. The topological polar surface area (TPSA) is 57.4 Å². The van der Waals surface area contributed by atoms with Gasteiger partial charge in [0.2, 0.25) is 0 Å². The lowest BCUT2D eigenvalue weighted by atomic mass is 9.92. The highest BCUT2D eigenvalue weighted by Gasteiger charge is 2.18. The van der Waals surface area contributed by atoms with Crippen LogP contribution >= 0.6 is 0 Å². The number of fused-ring (bicyclic) bond motifs is 8. The molecule has 0 fully saturated rings. The Morgan fingerprint density at radius 1 is 0.568 bits per heavy atom. The van der Waals surface area contributed by atoms with Crippen molar-refractivity contribution in [1.29, 1.82) is 0 Å². The maximum atomic E-state index is 5.10. The van der Waals surface area contributed by atoms with Gasteiger partial charge in [0.15, 0.2) is 0 Å². The molecule has 0 unspecified atom stereocenters. The van der Waals surface area contributed by atoms with Gasteiger partial charge in [-0.2, -0.15) is 0 Å². The Kier molecular flexibility index (Phi) is 7.87. The number of aromatic nitrogens is 4. The average Bonchev–Trinajstić information content (AvgIpc) is 3.83. The summed E-state index contributed by atoms with van der Waals surface area (Å²) in [4.78, 5) is 17.5. The van der Waals surface area contributed by atoms with Gasteiger partial charge >= 0.3 is 0 Å². The molecule has 2 aromatic carbocycles. The summed E-state index contributed by atoms with van der Waals surface area (Å²) in [6.07, 6.45) is 8.37. The van der Waals surface area contributed by atoms with Crippen LogP contribution in [-0.4, -0.2) is 19.9 Å². The minimum Gasteiger partial charge on any atom is -0.355 e. The van der Waals surface area contributed by atoms with Crippen LogP contribution in [0.1, 0.15) is 65.8 Å². The second-order valence-corrected chi connectivity index (χ2v) is 10.9.